The summed E-state index contributed by atoms with van der Waals surface area (Å²) in [5.41, 5.74) is 12.0. The predicted molar refractivity (Wildman–Crippen MR) is 106 cm³/mol. The zero-order chi connectivity index (χ0) is 22.0. The molecular formula is C19H30N4O6. The second kappa shape index (κ2) is 12.0. The maximum atomic E-state index is 12.4. The van der Waals surface area contributed by atoms with Crippen LogP contribution in [0, 0.1) is 0 Å². The van der Waals surface area contributed by atoms with Gasteiger partial charge in [-0.1, -0.05) is 12.1 Å². The Balaban J connectivity index is 2.71. The summed E-state index contributed by atoms with van der Waals surface area (Å²) < 4.78 is 0. The first-order valence-electron chi connectivity index (χ1n) is 9.40. The van der Waals surface area contributed by atoms with Crippen molar-refractivity contribution in [1.29, 1.82) is 0 Å². The fraction of sp³-hybridized carbons (Fsp3) is 0.526. The lowest BCUT2D eigenvalue weighted by atomic mass is 10.0. The number of rotatable bonds is 12. The fourth-order valence-corrected chi connectivity index (χ4v) is 2.66. The Morgan fingerprint density at radius 2 is 1.69 bits per heavy atom. The minimum Gasteiger partial charge on any atom is -0.508 e. The molecule has 29 heavy (non-hydrogen) atoms. The van der Waals surface area contributed by atoms with Gasteiger partial charge in [0.25, 0.3) is 0 Å². The predicted octanol–water partition coefficient (Wildman–Crippen LogP) is -1.17. The number of hydrogen-bond donors (Lipinski definition) is 7. The van der Waals surface area contributed by atoms with Crippen LogP contribution in [-0.4, -0.2) is 63.9 Å². The normalized spacial score (nSPS) is 15.0. The van der Waals surface area contributed by atoms with E-state index in [2.05, 4.69) is 10.6 Å². The Morgan fingerprint density at radius 1 is 1.07 bits per heavy atom. The molecular weight excluding hydrogens is 380 g/mol. The van der Waals surface area contributed by atoms with Crippen molar-refractivity contribution in [1.82, 2.24) is 10.6 Å². The van der Waals surface area contributed by atoms with Crippen LogP contribution in [0.1, 0.15) is 31.7 Å². The number of phenols is 1. The Hall–Kier alpha value is -2.69. The number of carbonyl (C=O) groups is 3. The van der Waals surface area contributed by atoms with Gasteiger partial charge in [-0.05, 0) is 56.8 Å². The van der Waals surface area contributed by atoms with Crippen LogP contribution in [-0.2, 0) is 20.8 Å². The Kier molecular flexibility index (Phi) is 10.1. The van der Waals surface area contributed by atoms with Gasteiger partial charge in [-0.25, -0.2) is 4.79 Å². The van der Waals surface area contributed by atoms with Crippen molar-refractivity contribution in [2.24, 2.45) is 11.5 Å². The number of nitrogens with one attached hydrogen (secondary N) is 2. The molecule has 10 heteroatoms. The van der Waals surface area contributed by atoms with Gasteiger partial charge in [-0.15, -0.1) is 0 Å². The summed E-state index contributed by atoms with van der Waals surface area (Å²) in [4.78, 5) is 36.1. The number of unbranched alkanes of at least 4 members (excludes halogenated alkanes) is 1. The summed E-state index contributed by atoms with van der Waals surface area (Å²) in [6, 6.07) is 2.63. The Bertz CT molecular complexity index is 680. The quantitative estimate of drug-likeness (QED) is 0.210. The van der Waals surface area contributed by atoms with Crippen molar-refractivity contribution in [3.8, 4) is 5.75 Å². The molecule has 9 N–H and O–H groups in total. The number of carboxylic acid groups (broad SMARTS) is 1. The van der Waals surface area contributed by atoms with Gasteiger partial charge in [0.05, 0.1) is 12.1 Å². The first kappa shape index (κ1) is 24.3. The molecule has 1 rings (SSSR count). The van der Waals surface area contributed by atoms with Crippen LogP contribution >= 0.6 is 0 Å². The molecule has 0 aliphatic carbocycles. The minimum atomic E-state index is -1.36. The molecule has 162 valence electrons. The number of aliphatic hydroxyl groups excluding tert-OH is 1. The number of phenolic OH excluding ortho intramolecular Hbond substituents is 1. The van der Waals surface area contributed by atoms with E-state index in [1.165, 1.54) is 19.1 Å². The second-order valence-corrected chi connectivity index (χ2v) is 6.89. The van der Waals surface area contributed by atoms with E-state index in [1.807, 2.05) is 0 Å². The third kappa shape index (κ3) is 8.46. The average Bonchev–Trinajstić information content (AvgIpc) is 2.66. The van der Waals surface area contributed by atoms with E-state index in [4.69, 9.17) is 11.5 Å². The number of amides is 2. The molecule has 0 bridgehead atoms. The maximum Gasteiger partial charge on any atom is 0.326 e. The largest absolute Gasteiger partial charge is 0.508 e. The molecule has 1 aromatic rings. The van der Waals surface area contributed by atoms with Crippen LogP contribution in [0.15, 0.2) is 24.3 Å². The number of hydrogen-bond acceptors (Lipinski definition) is 7. The molecule has 0 radical (unpaired) electrons. The van der Waals surface area contributed by atoms with Crippen LogP contribution in [0.4, 0.5) is 0 Å². The van der Waals surface area contributed by atoms with E-state index < -0.39 is 42.0 Å². The Morgan fingerprint density at radius 3 is 2.21 bits per heavy atom. The lowest BCUT2D eigenvalue weighted by molar-refractivity contribution is -0.143. The molecule has 4 unspecified atom stereocenters. The van der Waals surface area contributed by atoms with E-state index in [-0.39, 0.29) is 18.6 Å². The van der Waals surface area contributed by atoms with Crippen LogP contribution in [0.5, 0.6) is 5.75 Å². The summed E-state index contributed by atoms with van der Waals surface area (Å²) in [7, 11) is 0. The molecule has 0 aromatic heterocycles. The van der Waals surface area contributed by atoms with Crippen LogP contribution in [0.3, 0.4) is 0 Å². The lowest BCUT2D eigenvalue weighted by Crippen LogP contribution is -2.58. The summed E-state index contributed by atoms with van der Waals surface area (Å²) >= 11 is 0. The third-order valence-corrected chi connectivity index (χ3v) is 4.35. The van der Waals surface area contributed by atoms with Crippen molar-refractivity contribution in [2.75, 3.05) is 6.54 Å². The first-order chi connectivity index (χ1) is 13.6. The lowest BCUT2D eigenvalue weighted by Gasteiger charge is -2.24. The molecule has 0 saturated carbocycles. The van der Waals surface area contributed by atoms with E-state index >= 15 is 0 Å². The molecule has 0 saturated heterocycles. The average molecular weight is 410 g/mol. The van der Waals surface area contributed by atoms with Crippen molar-refractivity contribution in [3.63, 3.8) is 0 Å². The molecule has 0 aliphatic heterocycles. The number of aliphatic carboxylic acids is 1. The van der Waals surface area contributed by atoms with Crippen LogP contribution in [0.25, 0.3) is 0 Å². The standard InChI is InChI=1S/C19H30N4O6/c1-11(24)16(18(27)22-15(19(28)29)4-2-3-9-20)23-17(26)14(21)10-12-5-7-13(25)8-6-12/h5-8,11,14-16,24-25H,2-4,9-10,20-21H2,1H3,(H,22,27)(H,23,26)(H,28,29). The van der Waals surface area contributed by atoms with Crippen molar-refractivity contribution >= 4 is 17.8 Å². The SMILES string of the molecule is CC(O)C(NC(=O)C(N)Cc1ccc(O)cc1)C(=O)NC(CCCCN)C(=O)O. The number of nitrogens with two attached hydrogens (primary N) is 2. The zero-order valence-electron chi connectivity index (χ0n) is 16.4. The summed E-state index contributed by atoms with van der Waals surface area (Å²) in [6.07, 6.45) is 0.188. The summed E-state index contributed by atoms with van der Waals surface area (Å²) in [5, 5.41) is 33.1. The van der Waals surface area contributed by atoms with E-state index in [1.54, 1.807) is 12.1 Å². The van der Waals surface area contributed by atoms with E-state index in [0.717, 1.165) is 0 Å². The number of carbonyl (C=O) groups excluding carboxylic acids is 2. The zero-order valence-corrected chi connectivity index (χ0v) is 16.4. The van der Waals surface area contributed by atoms with Gasteiger partial charge in [-0.3, -0.25) is 9.59 Å². The molecule has 0 heterocycles. The molecule has 1 aromatic carbocycles. The summed E-state index contributed by atoms with van der Waals surface area (Å²) in [6.45, 7) is 1.71. The molecule has 10 nitrogen and oxygen atoms in total. The van der Waals surface area contributed by atoms with Gasteiger partial charge >= 0.3 is 5.97 Å². The van der Waals surface area contributed by atoms with Gasteiger partial charge in [0.1, 0.15) is 17.8 Å². The topological polar surface area (TPSA) is 188 Å². The summed E-state index contributed by atoms with van der Waals surface area (Å²) in [5.74, 6) is -2.62. The third-order valence-electron chi connectivity index (χ3n) is 4.35. The highest BCUT2D eigenvalue weighted by atomic mass is 16.4. The Labute approximate surface area is 169 Å². The maximum absolute atomic E-state index is 12.4. The highest BCUT2D eigenvalue weighted by molar-refractivity contribution is 5.92. The monoisotopic (exact) mass is 410 g/mol. The van der Waals surface area contributed by atoms with Gasteiger partial charge < -0.3 is 37.4 Å². The van der Waals surface area contributed by atoms with Gasteiger partial charge in [0.15, 0.2) is 0 Å². The van der Waals surface area contributed by atoms with E-state index in [9.17, 15) is 29.7 Å². The minimum absolute atomic E-state index is 0.0806. The van der Waals surface area contributed by atoms with Crippen molar-refractivity contribution in [2.45, 2.75) is 56.8 Å². The number of benzene rings is 1. The van der Waals surface area contributed by atoms with E-state index in [0.29, 0.717) is 24.9 Å². The fourth-order valence-electron chi connectivity index (χ4n) is 2.66. The van der Waals surface area contributed by atoms with Crippen molar-refractivity contribution < 1.29 is 29.7 Å². The number of carboxylic acids is 1. The molecule has 2 amide bonds. The van der Waals surface area contributed by atoms with Crippen molar-refractivity contribution in [3.05, 3.63) is 29.8 Å². The molecule has 0 aliphatic rings. The molecule has 0 spiro atoms. The highest BCUT2D eigenvalue weighted by Crippen LogP contribution is 2.11. The van der Waals surface area contributed by atoms with Gasteiger partial charge in [0, 0.05) is 0 Å². The number of aromatic hydroxyl groups is 1. The first-order valence-corrected chi connectivity index (χ1v) is 9.40. The van der Waals surface area contributed by atoms with Gasteiger partial charge in [0.2, 0.25) is 11.8 Å². The highest BCUT2D eigenvalue weighted by Gasteiger charge is 2.30. The molecule has 4 atom stereocenters. The van der Waals surface area contributed by atoms with Crippen LogP contribution < -0.4 is 22.1 Å². The number of aliphatic hydroxyl groups is 1. The second-order valence-electron chi connectivity index (χ2n) is 6.89. The van der Waals surface area contributed by atoms with Crippen LogP contribution in [0.2, 0.25) is 0 Å². The smallest absolute Gasteiger partial charge is 0.326 e. The molecule has 0 fully saturated rings. The van der Waals surface area contributed by atoms with Gasteiger partial charge in [-0.2, -0.15) is 0 Å².